The minimum atomic E-state index is -4.44. The quantitative estimate of drug-likeness (QED) is 0.223. The molecule has 3 aromatic carbocycles. The molecule has 4 aromatic rings. The van der Waals surface area contributed by atoms with Crippen molar-refractivity contribution in [2.75, 3.05) is 13.1 Å². The SMILES string of the molecule is CC(C)N(CC(=O)N(CCc1c[nH]c2ccccc12)Cc1ccc(C(F)(F)F)cc1)C(=O)c1ccc(C(C)(C)C)cc1. The Labute approximate surface area is 245 Å². The highest BCUT2D eigenvalue weighted by Crippen LogP contribution is 2.29. The molecule has 0 aliphatic rings. The number of aromatic nitrogens is 1. The average Bonchev–Trinajstić information content (AvgIpc) is 3.35. The van der Waals surface area contributed by atoms with E-state index in [0.29, 0.717) is 24.1 Å². The fraction of sp³-hybridized carbons (Fsp3) is 0.353. The van der Waals surface area contributed by atoms with E-state index in [9.17, 15) is 22.8 Å². The molecule has 0 bridgehead atoms. The fourth-order valence-electron chi connectivity index (χ4n) is 4.92. The smallest absolute Gasteiger partial charge is 0.361 e. The molecule has 0 aliphatic heterocycles. The zero-order valence-corrected chi connectivity index (χ0v) is 24.8. The first kappa shape index (κ1) is 30.9. The van der Waals surface area contributed by atoms with E-state index in [1.807, 2.05) is 56.4 Å². The van der Waals surface area contributed by atoms with Crippen LogP contribution in [-0.4, -0.2) is 45.7 Å². The predicted molar refractivity (Wildman–Crippen MR) is 160 cm³/mol. The van der Waals surface area contributed by atoms with Gasteiger partial charge in [0.25, 0.3) is 5.91 Å². The first-order chi connectivity index (χ1) is 19.7. The van der Waals surface area contributed by atoms with Crippen molar-refractivity contribution in [1.29, 1.82) is 0 Å². The van der Waals surface area contributed by atoms with Crippen LogP contribution in [0, 0.1) is 0 Å². The number of hydrogen-bond acceptors (Lipinski definition) is 2. The number of amides is 2. The second-order valence-electron chi connectivity index (χ2n) is 12.0. The molecule has 4 rings (SSSR count). The van der Waals surface area contributed by atoms with Crippen LogP contribution < -0.4 is 0 Å². The average molecular weight is 578 g/mol. The molecule has 0 saturated heterocycles. The van der Waals surface area contributed by atoms with E-state index in [4.69, 9.17) is 0 Å². The van der Waals surface area contributed by atoms with Gasteiger partial charge in [0.2, 0.25) is 5.91 Å². The van der Waals surface area contributed by atoms with Crippen molar-refractivity contribution < 1.29 is 22.8 Å². The van der Waals surface area contributed by atoms with E-state index in [-0.39, 0.29) is 36.4 Å². The van der Waals surface area contributed by atoms with Gasteiger partial charge < -0.3 is 14.8 Å². The Balaban J connectivity index is 1.56. The minimum Gasteiger partial charge on any atom is -0.361 e. The lowest BCUT2D eigenvalue weighted by molar-refractivity contribution is -0.137. The summed E-state index contributed by atoms with van der Waals surface area (Å²) in [5.74, 6) is -0.520. The van der Waals surface area contributed by atoms with Crippen molar-refractivity contribution in [3.63, 3.8) is 0 Å². The Morgan fingerprint density at radius 1 is 0.857 bits per heavy atom. The summed E-state index contributed by atoms with van der Waals surface area (Å²) in [7, 11) is 0. The number of alkyl halides is 3. The number of para-hydroxylation sites is 1. The number of rotatable bonds is 9. The lowest BCUT2D eigenvalue weighted by Crippen LogP contribution is -2.46. The van der Waals surface area contributed by atoms with Gasteiger partial charge in [0.05, 0.1) is 5.56 Å². The summed E-state index contributed by atoms with van der Waals surface area (Å²) in [6.07, 6.45) is -1.98. The Morgan fingerprint density at radius 2 is 1.48 bits per heavy atom. The Kier molecular flexibility index (Phi) is 9.14. The molecule has 0 fully saturated rings. The minimum absolute atomic E-state index is 0.0567. The molecule has 5 nitrogen and oxygen atoms in total. The third-order valence-corrected chi connectivity index (χ3v) is 7.52. The van der Waals surface area contributed by atoms with E-state index in [1.54, 1.807) is 21.9 Å². The summed E-state index contributed by atoms with van der Waals surface area (Å²) in [6.45, 7) is 10.3. The number of aromatic amines is 1. The van der Waals surface area contributed by atoms with Crippen molar-refractivity contribution in [2.24, 2.45) is 0 Å². The molecule has 8 heteroatoms. The van der Waals surface area contributed by atoms with Crippen LogP contribution in [0.3, 0.4) is 0 Å². The van der Waals surface area contributed by atoms with Gasteiger partial charge in [0.15, 0.2) is 0 Å². The van der Waals surface area contributed by atoms with E-state index < -0.39 is 11.7 Å². The third kappa shape index (κ3) is 7.41. The number of carbonyl (C=O) groups is 2. The van der Waals surface area contributed by atoms with Crippen LogP contribution in [0.1, 0.15) is 67.2 Å². The third-order valence-electron chi connectivity index (χ3n) is 7.52. The Hall–Kier alpha value is -4.07. The monoisotopic (exact) mass is 577 g/mol. The molecule has 1 heterocycles. The number of fused-ring (bicyclic) bond motifs is 1. The summed E-state index contributed by atoms with van der Waals surface area (Å²) in [5, 5.41) is 1.05. The van der Waals surface area contributed by atoms with Gasteiger partial charge in [-0.15, -0.1) is 0 Å². The molecule has 0 aliphatic carbocycles. The second-order valence-corrected chi connectivity index (χ2v) is 12.0. The molecule has 0 atom stereocenters. The fourth-order valence-corrected chi connectivity index (χ4v) is 4.92. The van der Waals surface area contributed by atoms with Crippen LogP contribution in [0.2, 0.25) is 0 Å². The highest BCUT2D eigenvalue weighted by atomic mass is 19.4. The summed E-state index contributed by atoms with van der Waals surface area (Å²) in [6, 6.07) is 19.9. The molecular weight excluding hydrogens is 539 g/mol. The maximum atomic E-state index is 13.8. The molecular formula is C34H38F3N3O2. The lowest BCUT2D eigenvalue weighted by atomic mass is 9.86. The van der Waals surface area contributed by atoms with Crippen LogP contribution in [0.25, 0.3) is 10.9 Å². The summed E-state index contributed by atoms with van der Waals surface area (Å²) in [4.78, 5) is 33.7. The molecule has 0 unspecified atom stereocenters. The molecule has 0 saturated carbocycles. The van der Waals surface area contributed by atoms with Gasteiger partial charge >= 0.3 is 6.18 Å². The highest BCUT2D eigenvalue weighted by molar-refractivity contribution is 5.96. The first-order valence-electron chi connectivity index (χ1n) is 14.1. The maximum Gasteiger partial charge on any atom is 0.416 e. The number of nitrogens with zero attached hydrogens (tertiary/aromatic N) is 2. The Bertz CT molecular complexity index is 1510. The largest absolute Gasteiger partial charge is 0.416 e. The molecule has 2 amide bonds. The number of H-pyrrole nitrogens is 1. The van der Waals surface area contributed by atoms with Crippen molar-refractivity contribution in [2.45, 2.75) is 65.2 Å². The predicted octanol–water partition coefficient (Wildman–Crippen LogP) is 7.61. The van der Waals surface area contributed by atoms with Crippen LogP contribution >= 0.6 is 0 Å². The molecule has 1 N–H and O–H groups in total. The zero-order valence-electron chi connectivity index (χ0n) is 24.8. The van der Waals surface area contributed by atoms with Crippen LogP contribution in [-0.2, 0) is 29.4 Å². The maximum absolute atomic E-state index is 13.8. The number of nitrogens with one attached hydrogen (secondary N) is 1. The van der Waals surface area contributed by atoms with Gasteiger partial charge in [-0.25, -0.2) is 0 Å². The highest BCUT2D eigenvalue weighted by Gasteiger charge is 2.30. The van der Waals surface area contributed by atoms with E-state index in [0.717, 1.165) is 34.2 Å². The van der Waals surface area contributed by atoms with Gasteiger partial charge in [-0.1, -0.05) is 63.2 Å². The van der Waals surface area contributed by atoms with E-state index in [2.05, 4.69) is 25.8 Å². The second kappa shape index (κ2) is 12.4. The molecule has 0 radical (unpaired) electrons. The van der Waals surface area contributed by atoms with Gasteiger partial charge in [0.1, 0.15) is 6.54 Å². The van der Waals surface area contributed by atoms with E-state index >= 15 is 0 Å². The topological polar surface area (TPSA) is 56.4 Å². The molecule has 222 valence electrons. The van der Waals surface area contributed by atoms with Gasteiger partial charge in [-0.3, -0.25) is 9.59 Å². The van der Waals surface area contributed by atoms with Crippen molar-refractivity contribution >= 4 is 22.7 Å². The molecule has 42 heavy (non-hydrogen) atoms. The lowest BCUT2D eigenvalue weighted by Gasteiger charge is -2.30. The number of carbonyl (C=O) groups excluding carboxylic acids is 2. The normalized spacial score (nSPS) is 12.1. The summed E-state index contributed by atoms with van der Waals surface area (Å²) >= 11 is 0. The molecule has 0 spiro atoms. The standard InChI is InChI=1S/C34H38F3N3O2/c1-23(2)40(32(42)25-12-16-27(17-13-25)33(3,4)5)22-31(41)39(21-24-10-14-28(15-11-24)34(35,36)37)19-18-26-20-38-30-9-7-6-8-29(26)30/h6-17,20,23,38H,18-19,21-22H2,1-5H3. The van der Waals surface area contributed by atoms with E-state index in [1.165, 1.54) is 12.1 Å². The van der Waals surface area contributed by atoms with Gasteiger partial charge in [-0.2, -0.15) is 13.2 Å². The van der Waals surface area contributed by atoms with Crippen molar-refractivity contribution in [1.82, 2.24) is 14.8 Å². The van der Waals surface area contributed by atoms with Crippen LogP contribution in [0.15, 0.2) is 79.0 Å². The van der Waals surface area contributed by atoms with Gasteiger partial charge in [0, 0.05) is 41.8 Å². The summed E-state index contributed by atoms with van der Waals surface area (Å²) < 4.78 is 39.4. The number of halogens is 3. The van der Waals surface area contributed by atoms with Gasteiger partial charge in [-0.05, 0) is 72.7 Å². The van der Waals surface area contributed by atoms with Crippen molar-refractivity contribution in [3.05, 3.63) is 107 Å². The Morgan fingerprint density at radius 3 is 2.07 bits per heavy atom. The summed E-state index contributed by atoms with van der Waals surface area (Å²) in [5.41, 5.74) is 3.41. The number of hydrogen-bond donors (Lipinski definition) is 1. The molecule has 1 aromatic heterocycles. The zero-order chi connectivity index (χ0) is 30.7. The van der Waals surface area contributed by atoms with Crippen LogP contribution in [0.4, 0.5) is 13.2 Å². The number of benzene rings is 3. The first-order valence-corrected chi connectivity index (χ1v) is 14.1. The van der Waals surface area contributed by atoms with Crippen molar-refractivity contribution in [3.8, 4) is 0 Å². The van der Waals surface area contributed by atoms with Crippen LogP contribution in [0.5, 0.6) is 0 Å².